The zero-order valence-electron chi connectivity index (χ0n) is 25.9. The molecule has 2 fully saturated rings. The predicted octanol–water partition coefficient (Wildman–Crippen LogP) is 1.43. The lowest BCUT2D eigenvalue weighted by Crippen LogP contribution is -2.52. The van der Waals surface area contributed by atoms with E-state index < -0.39 is 44.1 Å². The molecule has 0 unspecified atom stereocenters. The monoisotopic (exact) mass is 654 g/mol. The van der Waals surface area contributed by atoms with Crippen molar-refractivity contribution in [2.45, 2.75) is 25.4 Å². The number of nitrogens with zero attached hydrogens (tertiary/aromatic N) is 3. The van der Waals surface area contributed by atoms with Gasteiger partial charge in [0, 0.05) is 54.2 Å². The molecule has 9 nitrogen and oxygen atoms in total. The number of carbonyl (C=O) groups is 4. The van der Waals surface area contributed by atoms with E-state index in [2.05, 4.69) is 30.6 Å². The molecule has 2 aromatic rings. The van der Waals surface area contributed by atoms with E-state index in [1.807, 2.05) is 33.8 Å². The lowest BCUT2D eigenvalue weighted by atomic mass is 9.86. The number of aromatic carboxylic acids is 1. The molecule has 0 bridgehead atoms. The molecule has 0 aromatic heterocycles. The highest BCUT2D eigenvalue weighted by Crippen LogP contribution is 2.43. The molecule has 1 aliphatic carbocycles. The van der Waals surface area contributed by atoms with Gasteiger partial charge in [-0.05, 0) is 63.0 Å². The van der Waals surface area contributed by atoms with Crippen molar-refractivity contribution >= 4 is 53.9 Å². The summed E-state index contributed by atoms with van der Waals surface area (Å²) in [5.74, 6) is -2.81. The zero-order chi connectivity index (χ0) is 33.2. The molecule has 4 aliphatic heterocycles. The summed E-state index contributed by atoms with van der Waals surface area (Å²) in [5, 5.41) is 17.3. The molecular weight excluding hydrogens is 622 g/mol. The number of alkyl halides is 2. The smallest absolute Gasteiger partial charge is 0.253 e. The number of amides is 3. The lowest BCUT2D eigenvalue weighted by Gasteiger charge is -2.41. The van der Waals surface area contributed by atoms with Crippen LogP contribution in [-0.2, 0) is 9.59 Å². The van der Waals surface area contributed by atoms with Crippen molar-refractivity contribution in [3.63, 3.8) is 0 Å². The third-order valence-electron chi connectivity index (χ3n) is 9.59. The lowest BCUT2D eigenvalue weighted by molar-refractivity contribution is -0.599. The molecule has 1 N–H and O–H groups in total. The summed E-state index contributed by atoms with van der Waals surface area (Å²) < 4.78 is 29.6. The Kier molecular flexibility index (Phi) is 7.42. The number of rotatable bonds is 7. The van der Waals surface area contributed by atoms with Crippen LogP contribution in [0.5, 0.6) is 0 Å². The number of halogens is 2. The number of carbonyl (C=O) groups excluding carboxylic acids is 4. The number of allylic oxidation sites excluding steroid dienone is 5. The van der Waals surface area contributed by atoms with Crippen LogP contribution >= 0.6 is 0 Å². The van der Waals surface area contributed by atoms with Crippen molar-refractivity contribution in [3.05, 3.63) is 99.8 Å². The topological polar surface area (TPSA) is 113 Å². The maximum absolute atomic E-state index is 13.8. The third-order valence-corrected chi connectivity index (χ3v) is 13.1. The fourth-order valence-electron chi connectivity index (χ4n) is 6.88. The van der Waals surface area contributed by atoms with Crippen molar-refractivity contribution in [1.82, 2.24) is 10.2 Å². The van der Waals surface area contributed by atoms with Gasteiger partial charge in [0.1, 0.15) is 14.2 Å². The largest absolute Gasteiger partial charge is 0.545 e. The van der Waals surface area contributed by atoms with E-state index >= 15 is 0 Å². The van der Waals surface area contributed by atoms with Gasteiger partial charge in [-0.3, -0.25) is 19.3 Å². The number of fused-ring (bicyclic) bond motifs is 2. The highest BCUT2D eigenvalue weighted by molar-refractivity contribution is 6.98. The van der Waals surface area contributed by atoms with Gasteiger partial charge in [-0.25, -0.2) is 13.4 Å². The van der Waals surface area contributed by atoms with E-state index in [-0.39, 0.29) is 24.2 Å². The van der Waals surface area contributed by atoms with Crippen LogP contribution in [-0.4, -0.2) is 98.6 Å². The van der Waals surface area contributed by atoms with Gasteiger partial charge in [0.2, 0.25) is 6.17 Å². The summed E-state index contributed by atoms with van der Waals surface area (Å²) in [6.45, 7) is 5.65. The molecule has 12 heteroatoms. The number of hydrogen-bond acceptors (Lipinski definition) is 6. The maximum Gasteiger partial charge on any atom is 0.253 e. The number of anilines is 1. The Morgan fingerprint density at radius 2 is 1.68 bits per heavy atom. The molecule has 0 saturated carbocycles. The maximum atomic E-state index is 13.8. The molecule has 0 atom stereocenters. The zero-order valence-corrected chi connectivity index (χ0v) is 26.9. The highest BCUT2D eigenvalue weighted by Gasteiger charge is 2.43. The first kappa shape index (κ1) is 30.7. The summed E-state index contributed by atoms with van der Waals surface area (Å²) in [6, 6.07) is 10.2. The Hall–Kier alpha value is -4.97. The summed E-state index contributed by atoms with van der Waals surface area (Å²) in [7, 11) is -2.46. The average Bonchev–Trinajstić information content (AvgIpc) is 3.34. The van der Waals surface area contributed by atoms with E-state index in [0.29, 0.717) is 37.3 Å². The van der Waals surface area contributed by atoms with E-state index in [1.54, 1.807) is 0 Å². The minimum atomic E-state index is -2.46. The van der Waals surface area contributed by atoms with Crippen molar-refractivity contribution in [2.75, 3.05) is 44.2 Å². The predicted molar refractivity (Wildman–Crippen MR) is 173 cm³/mol. The molecule has 7 rings (SSSR count). The van der Waals surface area contributed by atoms with Crippen LogP contribution in [0.25, 0.3) is 5.57 Å². The number of hydrogen-bond donors (Lipinski definition) is 1. The Balaban J connectivity index is 1.33. The molecule has 0 radical (unpaired) electrons. The molecule has 3 amide bonds. The van der Waals surface area contributed by atoms with Crippen molar-refractivity contribution in [1.29, 1.82) is 0 Å². The fourth-order valence-corrected chi connectivity index (χ4v) is 9.96. The van der Waals surface area contributed by atoms with E-state index in [4.69, 9.17) is 0 Å². The van der Waals surface area contributed by atoms with Crippen LogP contribution in [0.4, 0.5) is 14.5 Å². The number of imide groups is 1. The standard InChI is InChI=1S/C35H32F2N4O5Si/c1-47(2)29-14-23(39-16-21(36)17-39)4-7-26(29)33(27-8-5-24(15-30(27)47)40-18-22(37)19-40)28-13-20(3-6-25(28)35(45)46)34(44)38-11-12-41-31(42)9-10-32(41)43/h3-10,13-15,21-22H,11-12,16-19H2,1-2H3,(H-,38,44,45,46). The number of carboxylic acid groups (broad SMARTS) is 1. The minimum absolute atomic E-state index is 0.00954. The summed E-state index contributed by atoms with van der Waals surface area (Å²) >= 11 is 0. The SMILES string of the molecule is C[Si]1(C)C2=CC(=[N+]3CC(F)C3)C=CC2=C(c2cc(C(=O)NCCN3C(=O)C=CC3=O)ccc2C(=O)[O-])c2ccc(N3CC(F)C3)cc21. The van der Waals surface area contributed by atoms with Crippen molar-refractivity contribution in [2.24, 2.45) is 0 Å². The molecule has 240 valence electrons. The van der Waals surface area contributed by atoms with Gasteiger partial charge < -0.3 is 20.1 Å². The van der Waals surface area contributed by atoms with E-state index in [9.17, 15) is 33.1 Å². The number of carboxylic acids is 1. The Morgan fingerprint density at radius 3 is 2.34 bits per heavy atom. The van der Waals surface area contributed by atoms with Crippen molar-refractivity contribution < 1.29 is 37.6 Å². The third kappa shape index (κ3) is 5.26. The van der Waals surface area contributed by atoms with Gasteiger partial charge >= 0.3 is 0 Å². The van der Waals surface area contributed by atoms with Crippen LogP contribution in [0.2, 0.25) is 13.1 Å². The Labute approximate surface area is 270 Å². The van der Waals surface area contributed by atoms with Gasteiger partial charge in [-0.1, -0.05) is 25.2 Å². The molecule has 4 heterocycles. The number of nitrogens with one attached hydrogen (secondary N) is 1. The van der Waals surface area contributed by atoms with E-state index in [0.717, 1.165) is 37.8 Å². The Bertz CT molecular complexity index is 1910. The van der Waals surface area contributed by atoms with Crippen molar-refractivity contribution in [3.8, 4) is 0 Å². The molecule has 2 saturated heterocycles. The minimum Gasteiger partial charge on any atom is -0.545 e. The molecule has 0 spiro atoms. The van der Waals surface area contributed by atoms with Gasteiger partial charge in [-0.2, -0.15) is 0 Å². The average molecular weight is 655 g/mol. The second-order valence-electron chi connectivity index (χ2n) is 12.9. The number of benzene rings is 2. The summed E-state index contributed by atoms with van der Waals surface area (Å²) in [4.78, 5) is 52.6. The van der Waals surface area contributed by atoms with Gasteiger partial charge in [-0.15, -0.1) is 0 Å². The molecule has 47 heavy (non-hydrogen) atoms. The quantitative estimate of drug-likeness (QED) is 0.275. The Morgan fingerprint density at radius 1 is 0.957 bits per heavy atom. The molecular formula is C35H32F2N4O5Si. The van der Waals surface area contributed by atoms with Crippen LogP contribution in [0.1, 0.15) is 31.8 Å². The molecule has 2 aromatic carbocycles. The molecule has 5 aliphatic rings. The summed E-state index contributed by atoms with van der Waals surface area (Å²) in [5.41, 5.74) is 4.47. The second kappa shape index (κ2) is 11.4. The fraction of sp³-hybridized carbons (Fsp3) is 0.286. The van der Waals surface area contributed by atoms with Crippen LogP contribution < -0.4 is 20.5 Å². The van der Waals surface area contributed by atoms with Gasteiger partial charge in [0.05, 0.1) is 19.1 Å². The van der Waals surface area contributed by atoms with Gasteiger partial charge in [0.25, 0.3) is 17.7 Å². The normalized spacial score (nSPS) is 21.4. The summed E-state index contributed by atoms with van der Waals surface area (Å²) in [6.07, 6.45) is 6.52. The highest BCUT2D eigenvalue weighted by atomic mass is 28.3. The van der Waals surface area contributed by atoms with Crippen LogP contribution in [0, 0.1) is 0 Å². The first-order valence-electron chi connectivity index (χ1n) is 15.5. The van der Waals surface area contributed by atoms with Crippen LogP contribution in [0.3, 0.4) is 0 Å². The van der Waals surface area contributed by atoms with Gasteiger partial charge in [0.15, 0.2) is 18.8 Å². The van der Waals surface area contributed by atoms with Crippen LogP contribution in [0.15, 0.2) is 77.5 Å². The van der Waals surface area contributed by atoms with E-state index in [1.165, 1.54) is 30.4 Å². The first-order chi connectivity index (χ1) is 22.4. The second-order valence-corrected chi connectivity index (χ2v) is 17.3. The first-order valence-corrected chi connectivity index (χ1v) is 18.5.